The normalized spacial score (nSPS) is 14.2. The second-order valence-corrected chi connectivity index (χ2v) is 14.9. The van der Waals surface area contributed by atoms with E-state index < -0.39 is 23.8 Å². The summed E-state index contributed by atoms with van der Waals surface area (Å²) in [5, 5.41) is 13.9. The van der Waals surface area contributed by atoms with Gasteiger partial charge in [0.15, 0.2) is 0 Å². The number of non-ortho nitro benzene ring substituents is 1. The van der Waals surface area contributed by atoms with E-state index in [0.717, 1.165) is 21.5 Å². The molecular formula is C38H31N2O5PS. The number of nitro benzene ring substituents is 1. The van der Waals surface area contributed by atoms with E-state index in [9.17, 15) is 19.7 Å². The minimum Gasteiger partial charge on any atom is -0.456 e. The molecule has 1 unspecified atom stereocenters. The van der Waals surface area contributed by atoms with Crippen LogP contribution in [0.3, 0.4) is 0 Å². The Morgan fingerprint density at radius 3 is 1.68 bits per heavy atom. The third-order valence-corrected chi connectivity index (χ3v) is 12.9. The third-order valence-electron chi connectivity index (χ3n) is 8.24. The van der Waals surface area contributed by atoms with Crippen LogP contribution in [0.5, 0.6) is 0 Å². The molecule has 7 nitrogen and oxygen atoms in total. The largest absolute Gasteiger partial charge is 0.456 e. The molecule has 0 spiro atoms. The van der Waals surface area contributed by atoms with Crippen LogP contribution in [-0.4, -0.2) is 38.0 Å². The van der Waals surface area contributed by atoms with Crippen LogP contribution in [0.15, 0.2) is 146 Å². The second-order valence-electron chi connectivity index (χ2n) is 11.1. The number of thiocarbonyl (C=S) groups is 1. The Morgan fingerprint density at radius 1 is 0.766 bits per heavy atom. The lowest BCUT2D eigenvalue weighted by Gasteiger charge is -2.45. The molecule has 1 aliphatic rings. The Morgan fingerprint density at radius 2 is 1.23 bits per heavy atom. The summed E-state index contributed by atoms with van der Waals surface area (Å²) in [5.74, 6) is -0.765. The van der Waals surface area contributed by atoms with Crippen LogP contribution in [0, 0.1) is 10.1 Å². The molecule has 5 aromatic rings. The maximum absolute atomic E-state index is 14.7. The molecule has 5 aromatic carbocycles. The van der Waals surface area contributed by atoms with Gasteiger partial charge in [0.05, 0.1) is 11.0 Å². The minimum atomic E-state index is -3.04. The number of likely N-dealkylation sites (tertiary alicyclic amines) is 1. The lowest BCUT2D eigenvalue weighted by Crippen LogP contribution is -2.60. The van der Waals surface area contributed by atoms with Crippen molar-refractivity contribution in [2.45, 2.75) is 25.5 Å². The molecule has 0 N–H and O–H groups in total. The van der Waals surface area contributed by atoms with Crippen LogP contribution in [0.4, 0.5) is 5.69 Å². The summed E-state index contributed by atoms with van der Waals surface area (Å²) >= 11 is 5.81. The highest BCUT2D eigenvalue weighted by Gasteiger charge is 2.47. The van der Waals surface area contributed by atoms with E-state index in [1.165, 1.54) is 12.1 Å². The Labute approximate surface area is 278 Å². The first kappa shape index (κ1) is 31.8. The first-order valence-electron chi connectivity index (χ1n) is 15.1. The van der Waals surface area contributed by atoms with E-state index in [0.29, 0.717) is 22.3 Å². The summed E-state index contributed by atoms with van der Waals surface area (Å²) in [6.07, 6.45) is 0.494. The molecule has 6 rings (SSSR count). The molecule has 1 saturated heterocycles. The first-order chi connectivity index (χ1) is 22.9. The van der Waals surface area contributed by atoms with Crippen molar-refractivity contribution in [2.24, 2.45) is 0 Å². The van der Waals surface area contributed by atoms with Gasteiger partial charge >= 0.3 is 5.97 Å². The fraction of sp³-hybridized carbons (Fsp3) is 0.105. The Balaban J connectivity index is 1.56. The number of rotatable bonds is 11. The van der Waals surface area contributed by atoms with Crippen LogP contribution < -0.4 is 15.9 Å². The minimum absolute atomic E-state index is 0.0306. The molecule has 1 aliphatic heterocycles. The van der Waals surface area contributed by atoms with Gasteiger partial charge in [0.2, 0.25) is 5.91 Å². The molecule has 0 aromatic heterocycles. The average molecular weight is 659 g/mol. The SMILES string of the molecule is O=C(OCc1ccccc1)C(N1C(=O)CC1CC(=S)c1ccc([N+](=O)[O-])cc1)=P(c1ccccc1)(c1ccccc1)c1ccccc1. The van der Waals surface area contributed by atoms with Gasteiger partial charge in [-0.25, -0.2) is 4.79 Å². The molecule has 47 heavy (non-hydrogen) atoms. The van der Waals surface area contributed by atoms with E-state index in [2.05, 4.69) is 0 Å². The van der Waals surface area contributed by atoms with Gasteiger partial charge in [-0.05, 0) is 39.2 Å². The Bertz CT molecular complexity index is 1870. The lowest BCUT2D eigenvalue weighted by molar-refractivity contribution is -0.384. The van der Waals surface area contributed by atoms with Gasteiger partial charge in [-0.2, -0.15) is 0 Å². The van der Waals surface area contributed by atoms with Crippen molar-refractivity contribution in [3.63, 3.8) is 0 Å². The van der Waals surface area contributed by atoms with Crippen molar-refractivity contribution in [3.05, 3.63) is 167 Å². The van der Waals surface area contributed by atoms with E-state index in [1.54, 1.807) is 17.0 Å². The highest BCUT2D eigenvalue weighted by Crippen LogP contribution is 2.49. The van der Waals surface area contributed by atoms with Crippen LogP contribution >= 0.6 is 19.1 Å². The predicted octanol–water partition coefficient (Wildman–Crippen LogP) is 6.17. The number of ether oxygens (including phenoxy) is 1. The average Bonchev–Trinajstić information content (AvgIpc) is 3.12. The van der Waals surface area contributed by atoms with Gasteiger partial charge in [-0.3, -0.25) is 14.9 Å². The highest BCUT2D eigenvalue weighted by atomic mass is 32.1. The molecule has 1 fully saturated rings. The molecular weight excluding hydrogens is 627 g/mol. The van der Waals surface area contributed by atoms with E-state index in [-0.39, 0.29) is 24.6 Å². The molecule has 0 bridgehead atoms. The van der Waals surface area contributed by atoms with Crippen LogP contribution in [0.2, 0.25) is 0 Å². The number of hydrogen-bond acceptors (Lipinski definition) is 6. The zero-order valence-corrected chi connectivity index (χ0v) is 27.1. The van der Waals surface area contributed by atoms with Gasteiger partial charge in [0.1, 0.15) is 12.0 Å². The van der Waals surface area contributed by atoms with Gasteiger partial charge in [0.25, 0.3) is 5.69 Å². The number of nitro groups is 1. The van der Waals surface area contributed by atoms with Gasteiger partial charge in [0, 0.05) is 36.7 Å². The number of esters is 1. The van der Waals surface area contributed by atoms with Gasteiger partial charge in [-0.1, -0.05) is 134 Å². The van der Waals surface area contributed by atoms with Crippen molar-refractivity contribution in [1.29, 1.82) is 0 Å². The standard InChI is InChI=1S/C38H31N2O5PS/c41-36-26-31(25-35(47)29-21-23-30(24-22-29)40(43)44)39(36)37(38(42)45-27-28-13-5-1-6-14-28)46(32-15-7-2-8-16-32,33-17-9-3-10-18-33)34-19-11-4-12-20-34/h1-24,31H,25-27H2. The second kappa shape index (κ2) is 14.1. The zero-order valence-electron chi connectivity index (χ0n) is 25.3. The molecule has 234 valence electrons. The first-order valence-corrected chi connectivity index (χ1v) is 17.3. The summed E-state index contributed by atoms with van der Waals surface area (Å²) in [5.41, 5.74) is 1.75. The fourth-order valence-corrected chi connectivity index (χ4v) is 10.7. The maximum atomic E-state index is 14.7. The van der Waals surface area contributed by atoms with Gasteiger partial charge < -0.3 is 9.64 Å². The van der Waals surface area contributed by atoms with E-state index >= 15 is 0 Å². The monoisotopic (exact) mass is 658 g/mol. The molecule has 0 aliphatic carbocycles. The molecule has 1 heterocycles. The quantitative estimate of drug-likeness (QED) is 0.0321. The van der Waals surface area contributed by atoms with E-state index in [4.69, 9.17) is 17.0 Å². The molecule has 1 amide bonds. The summed E-state index contributed by atoms with van der Waals surface area (Å²) < 4.78 is 6.10. The van der Waals surface area contributed by atoms with Crippen molar-refractivity contribution < 1.29 is 19.2 Å². The fourth-order valence-electron chi connectivity index (χ4n) is 5.99. The van der Waals surface area contributed by atoms with Crippen LogP contribution in [-0.2, 0) is 20.9 Å². The third kappa shape index (κ3) is 6.43. The summed E-state index contributed by atoms with van der Waals surface area (Å²) in [6, 6.07) is 44.7. The van der Waals surface area contributed by atoms with Crippen LogP contribution in [0.25, 0.3) is 0 Å². The number of β-lactam (4-membered cyclic amide) rings is 1. The number of carbonyl (C=O) groups excluding carboxylic acids is 2. The molecule has 1 atom stereocenters. The zero-order chi connectivity index (χ0) is 32.8. The molecule has 0 radical (unpaired) electrons. The Kier molecular flexibility index (Phi) is 9.52. The van der Waals surface area contributed by atoms with Crippen LogP contribution in [0.1, 0.15) is 24.0 Å². The topological polar surface area (TPSA) is 89.8 Å². The number of hydrogen-bond donors (Lipinski definition) is 0. The van der Waals surface area contributed by atoms with Crippen molar-refractivity contribution >= 4 is 62.9 Å². The van der Waals surface area contributed by atoms with Gasteiger partial charge in [-0.15, -0.1) is 0 Å². The van der Waals surface area contributed by atoms with Crippen molar-refractivity contribution in [1.82, 2.24) is 4.90 Å². The maximum Gasteiger partial charge on any atom is 0.356 e. The predicted molar refractivity (Wildman–Crippen MR) is 191 cm³/mol. The number of amides is 1. The smallest absolute Gasteiger partial charge is 0.356 e. The Hall–Kier alpha value is -5.17. The lowest BCUT2D eigenvalue weighted by atomic mass is 9.94. The summed E-state index contributed by atoms with van der Waals surface area (Å²) in [7, 11) is 0. The van der Waals surface area contributed by atoms with E-state index in [1.807, 2.05) is 121 Å². The molecule has 0 saturated carbocycles. The number of nitrogens with zero attached hydrogens (tertiary/aromatic N) is 2. The summed E-state index contributed by atoms with van der Waals surface area (Å²) in [4.78, 5) is 41.5. The number of benzene rings is 5. The summed E-state index contributed by atoms with van der Waals surface area (Å²) in [6.45, 7) is -3.00. The number of carbonyl (C=O) groups is 2. The van der Waals surface area contributed by atoms with Crippen molar-refractivity contribution in [2.75, 3.05) is 0 Å². The van der Waals surface area contributed by atoms with Crippen molar-refractivity contribution in [3.8, 4) is 0 Å². The highest BCUT2D eigenvalue weighted by molar-refractivity contribution is 7.96. The molecule has 9 heteroatoms.